The number of anilines is 1. The Morgan fingerprint density at radius 3 is 2.72 bits per heavy atom. The molecule has 0 aliphatic heterocycles. The van der Waals surface area contributed by atoms with Gasteiger partial charge in [-0.3, -0.25) is 4.98 Å². The van der Waals surface area contributed by atoms with E-state index in [-0.39, 0.29) is 5.69 Å². The number of hydrogen-bond acceptors (Lipinski definition) is 6. The second kappa shape index (κ2) is 4.97. The smallest absolute Gasteiger partial charge is 0.358 e. The van der Waals surface area contributed by atoms with Crippen LogP contribution in [-0.2, 0) is 4.74 Å². The molecule has 2 aromatic rings. The lowest BCUT2D eigenvalue weighted by molar-refractivity contribution is 0.0593. The maximum atomic E-state index is 11.2. The summed E-state index contributed by atoms with van der Waals surface area (Å²) in [6.45, 7) is 0. The van der Waals surface area contributed by atoms with E-state index >= 15 is 0 Å². The zero-order chi connectivity index (χ0) is 13.1. The molecule has 0 aliphatic carbocycles. The molecule has 0 bridgehead atoms. The van der Waals surface area contributed by atoms with Gasteiger partial charge in [0.15, 0.2) is 5.69 Å². The summed E-state index contributed by atoms with van der Waals surface area (Å²) in [6.07, 6.45) is 2.68. The molecule has 0 aliphatic rings. The van der Waals surface area contributed by atoms with Crippen LogP contribution >= 0.6 is 11.6 Å². The molecule has 6 nitrogen and oxygen atoms in total. The lowest BCUT2D eigenvalue weighted by Crippen LogP contribution is -2.05. The Bertz CT molecular complexity index is 586. The molecule has 2 N–H and O–H groups in total. The standard InChI is InChI=1S/C11H9ClN4O2/c1-18-11(17)8-5-14-7(4-15-8)10-6(13)2-3-9(12)16-10/h2-5H,13H2,1H3. The maximum Gasteiger partial charge on any atom is 0.358 e. The van der Waals surface area contributed by atoms with Crippen LogP contribution in [-0.4, -0.2) is 28.0 Å². The van der Waals surface area contributed by atoms with E-state index in [4.69, 9.17) is 17.3 Å². The van der Waals surface area contributed by atoms with Crippen molar-refractivity contribution < 1.29 is 9.53 Å². The molecule has 0 fully saturated rings. The van der Waals surface area contributed by atoms with E-state index in [2.05, 4.69) is 19.7 Å². The van der Waals surface area contributed by atoms with Crippen LogP contribution in [0.1, 0.15) is 10.5 Å². The zero-order valence-corrected chi connectivity index (χ0v) is 10.2. The number of esters is 1. The van der Waals surface area contributed by atoms with E-state index < -0.39 is 5.97 Å². The first-order chi connectivity index (χ1) is 8.61. The highest BCUT2D eigenvalue weighted by atomic mass is 35.5. The Hall–Kier alpha value is -2.21. The number of methoxy groups -OCH3 is 1. The van der Waals surface area contributed by atoms with Crippen molar-refractivity contribution in [2.24, 2.45) is 0 Å². The van der Waals surface area contributed by atoms with Crippen molar-refractivity contribution in [3.63, 3.8) is 0 Å². The number of rotatable bonds is 2. The number of halogens is 1. The third-order valence-electron chi connectivity index (χ3n) is 2.18. The molecule has 18 heavy (non-hydrogen) atoms. The lowest BCUT2D eigenvalue weighted by Gasteiger charge is -2.04. The van der Waals surface area contributed by atoms with Crippen LogP contribution in [0.15, 0.2) is 24.5 Å². The number of carbonyl (C=O) groups is 1. The topological polar surface area (TPSA) is 91.0 Å². The largest absolute Gasteiger partial charge is 0.464 e. The summed E-state index contributed by atoms with van der Waals surface area (Å²) in [5.41, 5.74) is 7.16. The molecule has 0 saturated heterocycles. The minimum atomic E-state index is -0.555. The lowest BCUT2D eigenvalue weighted by atomic mass is 10.2. The summed E-state index contributed by atoms with van der Waals surface area (Å²) >= 11 is 5.78. The number of nitrogens with two attached hydrogens (primary N) is 1. The molecule has 0 saturated carbocycles. The van der Waals surface area contributed by atoms with Gasteiger partial charge >= 0.3 is 5.97 Å². The predicted molar refractivity (Wildman–Crippen MR) is 66.0 cm³/mol. The van der Waals surface area contributed by atoms with Crippen molar-refractivity contribution in [1.82, 2.24) is 15.0 Å². The van der Waals surface area contributed by atoms with E-state index in [1.807, 2.05) is 0 Å². The Kier molecular flexibility index (Phi) is 3.38. The number of hydrogen-bond donors (Lipinski definition) is 1. The van der Waals surface area contributed by atoms with Crippen LogP contribution in [0.3, 0.4) is 0 Å². The van der Waals surface area contributed by atoms with Gasteiger partial charge < -0.3 is 10.5 Å². The fourth-order valence-electron chi connectivity index (χ4n) is 1.31. The minimum absolute atomic E-state index is 0.113. The molecular formula is C11H9ClN4O2. The average molecular weight is 265 g/mol. The van der Waals surface area contributed by atoms with Crippen molar-refractivity contribution in [3.05, 3.63) is 35.4 Å². The normalized spacial score (nSPS) is 10.1. The molecule has 92 valence electrons. The van der Waals surface area contributed by atoms with E-state index in [0.717, 1.165) is 0 Å². The number of nitrogen functional groups attached to an aromatic ring is 1. The molecule has 0 spiro atoms. The first kappa shape index (κ1) is 12.3. The summed E-state index contributed by atoms with van der Waals surface area (Å²) < 4.78 is 4.52. The quantitative estimate of drug-likeness (QED) is 0.654. The van der Waals surface area contributed by atoms with Crippen LogP contribution < -0.4 is 5.73 Å². The molecule has 0 radical (unpaired) electrons. The van der Waals surface area contributed by atoms with Gasteiger partial charge in [-0.15, -0.1) is 0 Å². The SMILES string of the molecule is COC(=O)c1cnc(-c2nc(Cl)ccc2N)cn1. The van der Waals surface area contributed by atoms with Crippen LogP contribution in [0.25, 0.3) is 11.4 Å². The second-order valence-electron chi connectivity index (χ2n) is 3.35. The van der Waals surface area contributed by atoms with Gasteiger partial charge in [0, 0.05) is 0 Å². The summed E-state index contributed by atoms with van der Waals surface area (Å²) in [5.74, 6) is -0.555. The molecule has 0 aromatic carbocycles. The molecule has 2 aromatic heterocycles. The number of carbonyl (C=O) groups excluding carboxylic acids is 1. The van der Waals surface area contributed by atoms with E-state index in [0.29, 0.717) is 22.2 Å². The Morgan fingerprint density at radius 2 is 2.11 bits per heavy atom. The van der Waals surface area contributed by atoms with Gasteiger partial charge in [0.25, 0.3) is 0 Å². The zero-order valence-electron chi connectivity index (χ0n) is 9.42. The van der Waals surface area contributed by atoms with Gasteiger partial charge in [-0.05, 0) is 12.1 Å². The van der Waals surface area contributed by atoms with Crippen molar-refractivity contribution in [3.8, 4) is 11.4 Å². The fraction of sp³-hybridized carbons (Fsp3) is 0.0909. The molecule has 2 rings (SSSR count). The summed E-state index contributed by atoms with van der Waals surface area (Å²) in [6, 6.07) is 3.21. The van der Waals surface area contributed by atoms with Gasteiger partial charge in [-0.2, -0.15) is 0 Å². The summed E-state index contributed by atoms with van der Waals surface area (Å²) in [4.78, 5) is 23.2. The van der Waals surface area contributed by atoms with Gasteiger partial charge in [0.1, 0.15) is 16.5 Å². The highest BCUT2D eigenvalue weighted by molar-refractivity contribution is 6.29. The third-order valence-corrected chi connectivity index (χ3v) is 2.39. The van der Waals surface area contributed by atoms with Crippen LogP contribution in [0.2, 0.25) is 5.15 Å². The minimum Gasteiger partial charge on any atom is -0.464 e. The van der Waals surface area contributed by atoms with Crippen LogP contribution in [0, 0.1) is 0 Å². The first-order valence-electron chi connectivity index (χ1n) is 4.94. The van der Waals surface area contributed by atoms with Gasteiger partial charge in [-0.1, -0.05) is 11.6 Å². The van der Waals surface area contributed by atoms with E-state index in [1.54, 1.807) is 12.1 Å². The Balaban J connectivity index is 2.40. The number of aromatic nitrogens is 3. The van der Waals surface area contributed by atoms with Crippen molar-refractivity contribution in [2.45, 2.75) is 0 Å². The van der Waals surface area contributed by atoms with Crippen molar-refractivity contribution >= 4 is 23.3 Å². The molecule has 0 unspecified atom stereocenters. The maximum absolute atomic E-state index is 11.2. The van der Waals surface area contributed by atoms with Crippen LogP contribution in [0.4, 0.5) is 5.69 Å². The summed E-state index contributed by atoms with van der Waals surface area (Å²) in [7, 11) is 1.27. The highest BCUT2D eigenvalue weighted by Gasteiger charge is 2.11. The van der Waals surface area contributed by atoms with Gasteiger partial charge in [-0.25, -0.2) is 14.8 Å². The monoisotopic (exact) mass is 264 g/mol. The molecule has 2 heterocycles. The highest BCUT2D eigenvalue weighted by Crippen LogP contribution is 2.22. The molecule has 0 atom stereocenters. The van der Waals surface area contributed by atoms with E-state index in [9.17, 15) is 4.79 Å². The van der Waals surface area contributed by atoms with E-state index in [1.165, 1.54) is 19.5 Å². The average Bonchev–Trinajstić information content (AvgIpc) is 2.41. The molecular weight excluding hydrogens is 256 g/mol. The van der Waals surface area contributed by atoms with Gasteiger partial charge in [0.05, 0.1) is 25.2 Å². The first-order valence-corrected chi connectivity index (χ1v) is 5.32. The predicted octanol–water partition coefficient (Wildman–Crippen LogP) is 1.56. The Morgan fingerprint density at radius 1 is 1.33 bits per heavy atom. The second-order valence-corrected chi connectivity index (χ2v) is 3.74. The van der Waals surface area contributed by atoms with Gasteiger partial charge in [0.2, 0.25) is 0 Å². The number of ether oxygens (including phenoxy) is 1. The number of nitrogens with zero attached hydrogens (tertiary/aromatic N) is 3. The summed E-state index contributed by atoms with van der Waals surface area (Å²) in [5, 5.41) is 0.304. The third kappa shape index (κ3) is 2.38. The van der Waals surface area contributed by atoms with Crippen molar-refractivity contribution in [2.75, 3.05) is 12.8 Å². The molecule has 0 amide bonds. The Labute approximate surface area is 108 Å². The number of pyridine rings is 1. The van der Waals surface area contributed by atoms with Crippen molar-refractivity contribution in [1.29, 1.82) is 0 Å². The fourth-order valence-corrected chi connectivity index (χ4v) is 1.46. The van der Waals surface area contributed by atoms with Crippen LogP contribution in [0.5, 0.6) is 0 Å². The molecule has 7 heteroatoms.